The molecule has 1 heterocycles. The molecular weight excluding hydrogens is 214 g/mol. The number of halogens is 1. The summed E-state index contributed by atoms with van der Waals surface area (Å²) in [6, 6.07) is 0. The molecule has 0 unspecified atom stereocenters. The summed E-state index contributed by atoms with van der Waals surface area (Å²) in [6.07, 6.45) is 1.04. The van der Waals surface area contributed by atoms with Gasteiger partial charge in [0.05, 0.1) is 17.1 Å². The van der Waals surface area contributed by atoms with Crippen LogP contribution in [0.1, 0.15) is 18.3 Å². The van der Waals surface area contributed by atoms with Crippen molar-refractivity contribution < 1.29 is 8.42 Å². The molecule has 0 bridgehead atoms. The summed E-state index contributed by atoms with van der Waals surface area (Å²) in [5, 5.41) is 10.1. The Morgan fingerprint density at radius 2 is 2.00 bits per heavy atom. The summed E-state index contributed by atoms with van der Waals surface area (Å²) < 4.78 is 21.3. The molecule has 0 saturated carbocycles. The van der Waals surface area contributed by atoms with Gasteiger partial charge in [-0.05, 0) is 6.42 Å². The summed E-state index contributed by atoms with van der Waals surface area (Å²) in [7, 11) is 1.62. The third kappa shape index (κ3) is 3.31. The highest BCUT2D eigenvalue weighted by atomic mass is 35.7. The van der Waals surface area contributed by atoms with Gasteiger partial charge in [-0.3, -0.25) is 0 Å². The van der Waals surface area contributed by atoms with Crippen LogP contribution in [0.3, 0.4) is 0 Å². The van der Waals surface area contributed by atoms with Crippen molar-refractivity contribution in [1.82, 2.24) is 15.4 Å². The van der Waals surface area contributed by atoms with E-state index in [1.807, 2.05) is 6.92 Å². The summed E-state index contributed by atoms with van der Waals surface area (Å²) in [5.41, 5.74) is 1.46. The van der Waals surface area contributed by atoms with Gasteiger partial charge in [-0.1, -0.05) is 6.92 Å². The Morgan fingerprint density at radius 1 is 1.38 bits per heavy atom. The maximum atomic E-state index is 10.6. The van der Waals surface area contributed by atoms with Gasteiger partial charge >= 0.3 is 0 Å². The van der Waals surface area contributed by atoms with Crippen LogP contribution in [0.5, 0.6) is 0 Å². The van der Waals surface area contributed by atoms with Crippen LogP contribution in [0, 0.1) is 0 Å². The number of hydrogen-bond donors (Lipinski definition) is 1. The fourth-order valence-electron chi connectivity index (χ4n) is 0.977. The molecule has 0 aliphatic rings. The molecule has 1 aromatic heterocycles. The molecular formula is C6H10ClN3O2S. The zero-order valence-electron chi connectivity index (χ0n) is 7.12. The Balaban J connectivity index is 2.64. The van der Waals surface area contributed by atoms with Crippen molar-refractivity contribution in [3.63, 3.8) is 0 Å². The third-order valence-electron chi connectivity index (χ3n) is 1.62. The van der Waals surface area contributed by atoms with Gasteiger partial charge in [0.15, 0.2) is 0 Å². The van der Waals surface area contributed by atoms with E-state index in [2.05, 4.69) is 15.4 Å². The van der Waals surface area contributed by atoms with Gasteiger partial charge in [-0.15, -0.1) is 0 Å². The maximum Gasteiger partial charge on any atom is 0.232 e. The van der Waals surface area contributed by atoms with Crippen LogP contribution in [0.15, 0.2) is 0 Å². The SMILES string of the molecule is CCc1n[nH]nc1CCS(=O)(=O)Cl. The third-order valence-corrected chi connectivity index (χ3v) is 2.78. The second kappa shape index (κ2) is 4.06. The predicted octanol–water partition coefficient (Wildman–Crippen LogP) is 0.478. The molecule has 0 amide bonds. The topological polar surface area (TPSA) is 75.7 Å². The van der Waals surface area contributed by atoms with E-state index >= 15 is 0 Å². The molecule has 74 valence electrons. The molecule has 0 fully saturated rings. The number of hydrogen-bond acceptors (Lipinski definition) is 4. The van der Waals surface area contributed by atoms with Crippen molar-refractivity contribution in [3.05, 3.63) is 11.4 Å². The molecule has 0 spiro atoms. The standard InChI is InChI=1S/C6H10ClN3O2S/c1-2-5-6(9-10-8-5)3-4-13(7,11)12/h2-4H2,1H3,(H,8,9,10). The van der Waals surface area contributed by atoms with Crippen molar-refractivity contribution in [2.24, 2.45) is 0 Å². The Bertz CT molecular complexity index is 373. The lowest BCUT2D eigenvalue weighted by molar-refractivity contribution is 0.608. The van der Waals surface area contributed by atoms with Gasteiger partial charge in [-0.2, -0.15) is 15.4 Å². The lowest BCUT2D eigenvalue weighted by Crippen LogP contribution is -2.03. The molecule has 5 nitrogen and oxygen atoms in total. The molecule has 1 N–H and O–H groups in total. The number of nitrogens with one attached hydrogen (secondary N) is 1. The number of H-pyrrole nitrogens is 1. The molecule has 7 heteroatoms. The van der Waals surface area contributed by atoms with Crippen molar-refractivity contribution in [1.29, 1.82) is 0 Å². The van der Waals surface area contributed by atoms with E-state index in [1.54, 1.807) is 0 Å². The molecule has 1 rings (SSSR count). The van der Waals surface area contributed by atoms with Crippen molar-refractivity contribution >= 4 is 19.7 Å². The van der Waals surface area contributed by atoms with Crippen LogP contribution in [-0.4, -0.2) is 29.6 Å². The van der Waals surface area contributed by atoms with Crippen LogP contribution in [-0.2, 0) is 21.9 Å². The lowest BCUT2D eigenvalue weighted by Gasteiger charge is -1.95. The number of aromatic amines is 1. The smallest absolute Gasteiger partial charge is 0.212 e. The summed E-state index contributed by atoms with van der Waals surface area (Å²) in [4.78, 5) is 0. The Hall–Kier alpha value is -0.620. The minimum absolute atomic E-state index is 0.103. The van der Waals surface area contributed by atoms with Gasteiger partial charge < -0.3 is 0 Å². The molecule has 0 aliphatic heterocycles. The normalized spacial score (nSPS) is 11.8. The van der Waals surface area contributed by atoms with Crippen molar-refractivity contribution in [3.8, 4) is 0 Å². The minimum Gasteiger partial charge on any atom is -0.212 e. The van der Waals surface area contributed by atoms with Gasteiger partial charge in [0.25, 0.3) is 0 Å². The van der Waals surface area contributed by atoms with Crippen molar-refractivity contribution in [2.75, 3.05) is 5.75 Å². The fraction of sp³-hybridized carbons (Fsp3) is 0.667. The Kier molecular flexibility index (Phi) is 3.27. The fourth-order valence-corrected chi connectivity index (χ4v) is 1.65. The number of aromatic nitrogens is 3. The van der Waals surface area contributed by atoms with E-state index in [-0.39, 0.29) is 5.75 Å². The van der Waals surface area contributed by atoms with Gasteiger partial charge in [-0.25, -0.2) is 8.42 Å². The molecule has 13 heavy (non-hydrogen) atoms. The monoisotopic (exact) mass is 223 g/mol. The molecule has 0 saturated heterocycles. The molecule has 0 atom stereocenters. The highest BCUT2D eigenvalue weighted by Crippen LogP contribution is 2.06. The Labute approximate surface area is 80.9 Å². The quantitative estimate of drug-likeness (QED) is 0.754. The second-order valence-electron chi connectivity index (χ2n) is 2.56. The first-order valence-corrected chi connectivity index (χ1v) is 6.31. The van der Waals surface area contributed by atoms with Gasteiger partial charge in [0.1, 0.15) is 0 Å². The Morgan fingerprint density at radius 3 is 2.54 bits per heavy atom. The second-order valence-corrected chi connectivity index (χ2v) is 5.46. The predicted molar refractivity (Wildman–Crippen MR) is 49.1 cm³/mol. The van der Waals surface area contributed by atoms with E-state index in [9.17, 15) is 8.42 Å². The van der Waals surface area contributed by atoms with E-state index in [4.69, 9.17) is 10.7 Å². The zero-order valence-corrected chi connectivity index (χ0v) is 8.69. The maximum absolute atomic E-state index is 10.6. The summed E-state index contributed by atoms with van der Waals surface area (Å²) in [5.74, 6) is -0.103. The van der Waals surface area contributed by atoms with E-state index in [1.165, 1.54) is 0 Å². The zero-order chi connectivity index (χ0) is 9.90. The molecule has 0 radical (unpaired) electrons. The lowest BCUT2D eigenvalue weighted by atomic mass is 10.2. The minimum atomic E-state index is -3.43. The van der Waals surface area contributed by atoms with Gasteiger partial charge in [0, 0.05) is 17.1 Å². The first kappa shape index (κ1) is 10.5. The highest BCUT2D eigenvalue weighted by Gasteiger charge is 2.10. The summed E-state index contributed by atoms with van der Waals surface area (Å²) in [6.45, 7) is 1.93. The molecule has 0 aromatic carbocycles. The average molecular weight is 224 g/mol. The van der Waals surface area contributed by atoms with Crippen molar-refractivity contribution in [2.45, 2.75) is 19.8 Å². The van der Waals surface area contributed by atoms with Gasteiger partial charge in [0.2, 0.25) is 9.05 Å². The van der Waals surface area contributed by atoms with Crippen LogP contribution < -0.4 is 0 Å². The highest BCUT2D eigenvalue weighted by molar-refractivity contribution is 8.13. The molecule has 1 aromatic rings. The number of aryl methyl sites for hydroxylation is 2. The molecule has 0 aliphatic carbocycles. The van der Waals surface area contributed by atoms with E-state index in [0.717, 1.165) is 12.1 Å². The van der Waals surface area contributed by atoms with Crippen LogP contribution >= 0.6 is 10.7 Å². The average Bonchev–Trinajstić information content (AvgIpc) is 2.46. The summed E-state index contributed by atoms with van der Waals surface area (Å²) >= 11 is 0. The van der Waals surface area contributed by atoms with E-state index < -0.39 is 9.05 Å². The number of rotatable bonds is 4. The van der Waals surface area contributed by atoms with Crippen LogP contribution in [0.4, 0.5) is 0 Å². The van der Waals surface area contributed by atoms with E-state index in [0.29, 0.717) is 12.1 Å². The van der Waals surface area contributed by atoms with Crippen LogP contribution in [0.2, 0.25) is 0 Å². The number of nitrogens with zero attached hydrogens (tertiary/aromatic N) is 2. The van der Waals surface area contributed by atoms with Crippen LogP contribution in [0.25, 0.3) is 0 Å². The first-order chi connectivity index (χ1) is 6.03. The first-order valence-electron chi connectivity index (χ1n) is 3.83. The largest absolute Gasteiger partial charge is 0.232 e.